The minimum atomic E-state index is -0.0683. The molecule has 0 saturated heterocycles. The largest absolute Gasteiger partial charge is 0.256 e. The van der Waals surface area contributed by atoms with Crippen molar-refractivity contribution in [2.75, 3.05) is 0 Å². The molecule has 0 aliphatic carbocycles. The quantitative estimate of drug-likeness (QED) is 0.252. The Morgan fingerprint density at radius 3 is 1.14 bits per heavy atom. The molecule has 2 heterocycles. The van der Waals surface area contributed by atoms with E-state index in [1.807, 2.05) is 24.3 Å². The number of hydrogen-bond donors (Lipinski definition) is 0. The van der Waals surface area contributed by atoms with Gasteiger partial charge in [-0.05, 0) is 30.7 Å². The molecule has 2 aliphatic rings. The second-order valence-electron chi connectivity index (χ2n) is 10.4. The van der Waals surface area contributed by atoms with Crippen LogP contribution >= 0.6 is 0 Å². The Kier molecular flexibility index (Phi) is 10.5. The Bertz CT molecular complexity index is 994. The Hall–Kier alpha value is -2.36. The van der Waals surface area contributed by atoms with Crippen LogP contribution in [0.4, 0.5) is 0 Å². The second-order valence-corrected chi connectivity index (χ2v) is 10.4. The summed E-state index contributed by atoms with van der Waals surface area (Å²) in [5.41, 5.74) is 0. The molecule has 2 aliphatic heterocycles. The molecule has 2 aromatic rings. The van der Waals surface area contributed by atoms with Crippen LogP contribution in [-0.2, 0) is 0 Å². The molecule has 4 rings (SSSR count). The van der Waals surface area contributed by atoms with Crippen molar-refractivity contribution in [2.24, 2.45) is 25.9 Å². The topological polar surface area (TPSA) is 49.4 Å². The van der Waals surface area contributed by atoms with Crippen LogP contribution in [0.3, 0.4) is 0 Å². The molecule has 0 saturated carbocycles. The average molecular weight is 473 g/mol. The van der Waals surface area contributed by atoms with Gasteiger partial charge in [0.15, 0.2) is 0 Å². The van der Waals surface area contributed by atoms with Gasteiger partial charge in [-0.25, -0.2) is 0 Å². The Labute approximate surface area is 211 Å². The lowest BCUT2D eigenvalue weighted by Gasteiger charge is -2.22. The first-order chi connectivity index (χ1) is 17.3. The normalized spacial score (nSPS) is 14.8. The van der Waals surface area contributed by atoms with Gasteiger partial charge >= 0.3 is 0 Å². The predicted octanol–water partition coefficient (Wildman–Crippen LogP) is 6.03. The molecule has 0 bridgehead atoms. The molecule has 0 amide bonds. The van der Waals surface area contributed by atoms with Gasteiger partial charge in [0.2, 0.25) is 0 Å². The summed E-state index contributed by atoms with van der Waals surface area (Å²) in [7, 11) is 0. The highest BCUT2D eigenvalue weighted by atomic mass is 15.1. The van der Waals surface area contributed by atoms with Crippen molar-refractivity contribution < 1.29 is 0 Å². The van der Waals surface area contributed by atoms with Crippen molar-refractivity contribution in [3.05, 3.63) is 70.0 Å². The molecule has 0 spiro atoms. The van der Waals surface area contributed by atoms with E-state index in [9.17, 15) is 0 Å². The monoisotopic (exact) mass is 472 g/mol. The summed E-state index contributed by atoms with van der Waals surface area (Å²) in [6.45, 7) is 2.29. The van der Waals surface area contributed by atoms with E-state index < -0.39 is 0 Å². The summed E-state index contributed by atoms with van der Waals surface area (Å²) < 4.78 is 0. The Morgan fingerprint density at radius 1 is 0.486 bits per heavy atom. The third-order valence-electron chi connectivity index (χ3n) is 7.51. The van der Waals surface area contributed by atoms with Gasteiger partial charge < -0.3 is 0 Å². The maximum absolute atomic E-state index is 4.96. The van der Waals surface area contributed by atoms with Crippen LogP contribution in [0.15, 0.2) is 68.5 Å². The zero-order valence-electron chi connectivity index (χ0n) is 21.7. The third-order valence-corrected chi connectivity index (χ3v) is 7.51. The average Bonchev–Trinajstić information content (AvgIpc) is 3.50. The fourth-order valence-electron chi connectivity index (χ4n) is 5.40. The van der Waals surface area contributed by atoms with Gasteiger partial charge in [0, 0.05) is 5.92 Å². The summed E-state index contributed by atoms with van der Waals surface area (Å²) in [5.74, 6) is 0.229. The fraction of sp³-hybridized carbons (Fsp3) is 0.613. The molecule has 2 aromatic carbocycles. The minimum Gasteiger partial charge on any atom is -0.256 e. The zero-order valence-corrected chi connectivity index (χ0v) is 21.7. The molecule has 0 unspecified atom stereocenters. The molecule has 0 radical (unpaired) electrons. The lowest BCUT2D eigenvalue weighted by molar-refractivity contribution is 0.328. The van der Waals surface area contributed by atoms with Crippen LogP contribution in [0, 0.1) is 5.92 Å². The van der Waals surface area contributed by atoms with Gasteiger partial charge in [-0.3, -0.25) is 20.0 Å². The van der Waals surface area contributed by atoms with Gasteiger partial charge in [0.05, 0.1) is 21.4 Å². The third kappa shape index (κ3) is 7.81. The molecule has 0 aromatic heterocycles. The van der Waals surface area contributed by atoms with E-state index in [1.165, 1.54) is 89.9 Å². The second kappa shape index (κ2) is 14.3. The Balaban J connectivity index is 1.18. The summed E-state index contributed by atoms with van der Waals surface area (Å²) in [6, 6.07) is 16.5. The van der Waals surface area contributed by atoms with E-state index in [-0.39, 0.29) is 18.2 Å². The van der Waals surface area contributed by atoms with Gasteiger partial charge in [0.1, 0.15) is 12.3 Å². The number of para-hydroxylation sites is 4. The smallest absolute Gasteiger partial charge is 0.147 e. The van der Waals surface area contributed by atoms with E-state index in [0.717, 1.165) is 27.8 Å². The van der Waals surface area contributed by atoms with Crippen LogP contribution in [0.1, 0.15) is 103 Å². The first-order valence-electron chi connectivity index (χ1n) is 14.4. The van der Waals surface area contributed by atoms with Crippen molar-refractivity contribution in [3.63, 3.8) is 0 Å². The number of unbranched alkanes of at least 4 members (excludes halogenated alkanes) is 13. The molecule has 0 N–H and O–H groups in total. The summed E-state index contributed by atoms with van der Waals surface area (Å²) in [6.07, 6.45) is 20.3. The van der Waals surface area contributed by atoms with Crippen molar-refractivity contribution in [2.45, 2.75) is 116 Å². The zero-order chi connectivity index (χ0) is 24.1. The van der Waals surface area contributed by atoms with E-state index >= 15 is 0 Å². The number of hydrogen-bond acceptors (Lipinski definition) is 4. The highest BCUT2D eigenvalue weighted by Crippen LogP contribution is 2.26. The van der Waals surface area contributed by atoms with E-state index in [2.05, 4.69) is 31.2 Å². The van der Waals surface area contributed by atoms with Crippen LogP contribution in [0.25, 0.3) is 0 Å². The van der Waals surface area contributed by atoms with E-state index in [1.54, 1.807) is 0 Å². The fourth-order valence-corrected chi connectivity index (χ4v) is 5.40. The van der Waals surface area contributed by atoms with Crippen molar-refractivity contribution in [3.8, 4) is 0 Å². The molecular weight excluding hydrogens is 428 g/mol. The first kappa shape index (κ1) is 25.7. The molecule has 0 atom stereocenters. The van der Waals surface area contributed by atoms with Crippen LogP contribution < -0.4 is 21.4 Å². The SMILES string of the molecule is CCCCCCCCCCCCCCCCC(C1N=c2ccccc2=N1)C1N=c2ccccc2=N1. The number of nitrogens with zero attached hydrogens (tertiary/aromatic N) is 4. The molecule has 4 nitrogen and oxygen atoms in total. The summed E-state index contributed by atoms with van der Waals surface area (Å²) in [5, 5.41) is 4.05. The van der Waals surface area contributed by atoms with Gasteiger partial charge in [0.25, 0.3) is 0 Å². The molecule has 0 fully saturated rings. The van der Waals surface area contributed by atoms with Crippen molar-refractivity contribution in [1.29, 1.82) is 0 Å². The summed E-state index contributed by atoms with van der Waals surface area (Å²) in [4.78, 5) is 19.8. The molecule has 188 valence electrons. The number of fused-ring (bicyclic) bond motifs is 2. The summed E-state index contributed by atoms with van der Waals surface area (Å²) >= 11 is 0. The van der Waals surface area contributed by atoms with E-state index in [4.69, 9.17) is 20.0 Å². The molecule has 35 heavy (non-hydrogen) atoms. The minimum absolute atomic E-state index is 0.0683. The van der Waals surface area contributed by atoms with Crippen LogP contribution in [0.2, 0.25) is 0 Å². The number of benzene rings is 2. The van der Waals surface area contributed by atoms with E-state index in [0.29, 0.717) is 0 Å². The Morgan fingerprint density at radius 2 is 0.800 bits per heavy atom. The highest BCUT2D eigenvalue weighted by Gasteiger charge is 2.31. The lowest BCUT2D eigenvalue weighted by atomic mass is 9.95. The maximum atomic E-state index is 4.96. The molecular formula is C31H44N4. The maximum Gasteiger partial charge on any atom is 0.147 e. The van der Waals surface area contributed by atoms with Gasteiger partial charge in [-0.1, -0.05) is 121 Å². The van der Waals surface area contributed by atoms with Crippen LogP contribution in [0.5, 0.6) is 0 Å². The van der Waals surface area contributed by atoms with Crippen molar-refractivity contribution >= 4 is 0 Å². The van der Waals surface area contributed by atoms with Gasteiger partial charge in [-0.2, -0.15) is 0 Å². The van der Waals surface area contributed by atoms with Crippen LogP contribution in [-0.4, -0.2) is 12.3 Å². The predicted molar refractivity (Wildman–Crippen MR) is 144 cm³/mol. The molecule has 4 heteroatoms. The van der Waals surface area contributed by atoms with Crippen molar-refractivity contribution in [1.82, 2.24) is 0 Å². The lowest BCUT2D eigenvalue weighted by Crippen LogP contribution is -2.27. The number of rotatable bonds is 17. The van der Waals surface area contributed by atoms with Gasteiger partial charge in [-0.15, -0.1) is 0 Å². The standard InChI is InChI=1S/C31H44N4/c1-2-3-4-5-6-7-8-9-10-11-12-13-14-15-20-25(30-32-26-21-16-17-22-27(26)33-30)31-34-28-23-18-19-24-29(28)35-31/h16-19,21-25,30-31H,2-15,20H2,1H3. The first-order valence-corrected chi connectivity index (χ1v) is 14.4. The highest BCUT2D eigenvalue weighted by molar-refractivity contribution is 5.08.